The van der Waals surface area contributed by atoms with Gasteiger partial charge < -0.3 is 15.8 Å². The first-order chi connectivity index (χ1) is 11.0. The van der Waals surface area contributed by atoms with Crippen LogP contribution in [0.25, 0.3) is 0 Å². The van der Waals surface area contributed by atoms with E-state index in [0.717, 1.165) is 6.42 Å². The molecule has 1 unspecified atom stereocenters. The second-order valence-corrected chi connectivity index (χ2v) is 5.18. The van der Waals surface area contributed by atoms with Crippen molar-refractivity contribution in [2.24, 2.45) is 11.7 Å². The molecule has 0 aliphatic carbocycles. The largest absolute Gasteiger partial charge is 0.439 e. The Morgan fingerprint density at radius 3 is 2.70 bits per heavy atom. The molecule has 0 aliphatic rings. The average molecular weight is 313 g/mol. The third kappa shape index (κ3) is 4.54. The van der Waals surface area contributed by atoms with E-state index in [-0.39, 0.29) is 11.8 Å². The van der Waals surface area contributed by atoms with Crippen LogP contribution in [0.15, 0.2) is 42.6 Å². The van der Waals surface area contributed by atoms with Crippen molar-refractivity contribution in [1.29, 1.82) is 0 Å². The van der Waals surface area contributed by atoms with Gasteiger partial charge in [-0.3, -0.25) is 9.59 Å². The fourth-order valence-electron chi connectivity index (χ4n) is 1.80. The molecular formula is C17H19N3O3. The number of nitrogens with one attached hydrogen (secondary N) is 1. The number of primary amides is 1. The molecule has 0 saturated heterocycles. The smallest absolute Gasteiger partial charge is 0.248 e. The summed E-state index contributed by atoms with van der Waals surface area (Å²) >= 11 is 0. The number of carbonyl (C=O) groups is 2. The Hall–Kier alpha value is -2.89. The van der Waals surface area contributed by atoms with Gasteiger partial charge in [0, 0.05) is 17.5 Å². The molecule has 1 aromatic carbocycles. The lowest BCUT2D eigenvalue weighted by Gasteiger charge is -2.10. The molecule has 120 valence electrons. The Morgan fingerprint density at radius 2 is 2.09 bits per heavy atom. The minimum absolute atomic E-state index is 0.0443. The molecule has 1 atom stereocenters. The molecule has 0 spiro atoms. The van der Waals surface area contributed by atoms with Gasteiger partial charge in [0.1, 0.15) is 5.75 Å². The van der Waals surface area contributed by atoms with Crippen molar-refractivity contribution in [2.75, 3.05) is 5.32 Å². The van der Waals surface area contributed by atoms with Gasteiger partial charge in [0.2, 0.25) is 17.7 Å². The third-order valence-corrected chi connectivity index (χ3v) is 3.40. The first-order valence-corrected chi connectivity index (χ1v) is 7.34. The topological polar surface area (TPSA) is 94.3 Å². The SMILES string of the molecule is CCC(C)C(=O)Nc1ccc(Oc2cccc(C(N)=O)c2)nc1. The summed E-state index contributed by atoms with van der Waals surface area (Å²) in [5.41, 5.74) is 6.19. The van der Waals surface area contributed by atoms with E-state index in [1.165, 1.54) is 6.20 Å². The summed E-state index contributed by atoms with van der Waals surface area (Å²) in [7, 11) is 0. The maximum atomic E-state index is 11.8. The lowest BCUT2D eigenvalue weighted by Crippen LogP contribution is -2.19. The molecule has 0 aliphatic heterocycles. The van der Waals surface area contributed by atoms with Crippen LogP contribution < -0.4 is 15.8 Å². The number of anilines is 1. The van der Waals surface area contributed by atoms with Crippen LogP contribution in [0.5, 0.6) is 11.6 Å². The van der Waals surface area contributed by atoms with Crippen LogP contribution in [0.3, 0.4) is 0 Å². The normalized spacial score (nSPS) is 11.6. The van der Waals surface area contributed by atoms with Gasteiger partial charge in [-0.25, -0.2) is 4.98 Å². The first kappa shape index (κ1) is 16.5. The number of nitrogens with zero attached hydrogens (tertiary/aromatic N) is 1. The molecule has 0 bridgehead atoms. The number of nitrogens with two attached hydrogens (primary N) is 1. The van der Waals surface area contributed by atoms with Crippen LogP contribution in [0.2, 0.25) is 0 Å². The number of aromatic nitrogens is 1. The van der Waals surface area contributed by atoms with E-state index in [1.54, 1.807) is 36.4 Å². The van der Waals surface area contributed by atoms with Crippen LogP contribution in [-0.4, -0.2) is 16.8 Å². The van der Waals surface area contributed by atoms with Gasteiger partial charge in [0.05, 0.1) is 11.9 Å². The molecule has 0 fully saturated rings. The Bertz CT molecular complexity index is 698. The van der Waals surface area contributed by atoms with Crippen molar-refractivity contribution in [3.8, 4) is 11.6 Å². The molecule has 6 heteroatoms. The molecule has 2 aromatic rings. The van der Waals surface area contributed by atoms with Crippen LogP contribution in [0, 0.1) is 5.92 Å². The maximum absolute atomic E-state index is 11.8. The third-order valence-electron chi connectivity index (χ3n) is 3.40. The second-order valence-electron chi connectivity index (χ2n) is 5.18. The van der Waals surface area contributed by atoms with Crippen molar-refractivity contribution in [2.45, 2.75) is 20.3 Å². The van der Waals surface area contributed by atoms with E-state index in [2.05, 4.69) is 10.3 Å². The predicted molar refractivity (Wildman–Crippen MR) is 87.4 cm³/mol. The van der Waals surface area contributed by atoms with Gasteiger partial charge in [0.15, 0.2) is 0 Å². The predicted octanol–water partition coefficient (Wildman–Crippen LogP) is 2.96. The van der Waals surface area contributed by atoms with E-state index < -0.39 is 5.91 Å². The Kier molecular flexibility index (Phi) is 5.30. The number of ether oxygens (including phenoxy) is 1. The highest BCUT2D eigenvalue weighted by molar-refractivity contribution is 5.93. The van der Waals surface area contributed by atoms with Gasteiger partial charge in [0.25, 0.3) is 0 Å². The van der Waals surface area contributed by atoms with Crippen molar-refractivity contribution in [1.82, 2.24) is 4.98 Å². The van der Waals surface area contributed by atoms with Crippen molar-refractivity contribution in [3.05, 3.63) is 48.2 Å². The van der Waals surface area contributed by atoms with E-state index >= 15 is 0 Å². The van der Waals surface area contributed by atoms with Gasteiger partial charge in [-0.15, -0.1) is 0 Å². The summed E-state index contributed by atoms with van der Waals surface area (Å²) in [6.45, 7) is 3.83. The second kappa shape index (κ2) is 7.40. The quantitative estimate of drug-likeness (QED) is 0.857. The zero-order chi connectivity index (χ0) is 16.8. The van der Waals surface area contributed by atoms with E-state index in [1.807, 2.05) is 13.8 Å². The number of amides is 2. The van der Waals surface area contributed by atoms with Crippen LogP contribution in [0.4, 0.5) is 5.69 Å². The monoisotopic (exact) mass is 313 g/mol. The Labute approximate surface area is 134 Å². The van der Waals surface area contributed by atoms with Crippen molar-refractivity contribution in [3.63, 3.8) is 0 Å². The van der Waals surface area contributed by atoms with Crippen LogP contribution in [-0.2, 0) is 4.79 Å². The molecule has 3 N–H and O–H groups in total. The van der Waals surface area contributed by atoms with E-state index in [0.29, 0.717) is 22.9 Å². The molecule has 23 heavy (non-hydrogen) atoms. The minimum Gasteiger partial charge on any atom is -0.439 e. The number of pyridine rings is 1. The molecule has 1 heterocycles. The molecule has 2 amide bonds. The summed E-state index contributed by atoms with van der Waals surface area (Å²) < 4.78 is 5.57. The number of carbonyl (C=O) groups excluding carboxylic acids is 2. The lowest BCUT2D eigenvalue weighted by atomic mass is 10.1. The van der Waals surface area contributed by atoms with Crippen molar-refractivity contribution >= 4 is 17.5 Å². The highest BCUT2D eigenvalue weighted by atomic mass is 16.5. The molecule has 6 nitrogen and oxygen atoms in total. The summed E-state index contributed by atoms with van der Waals surface area (Å²) in [5.74, 6) is 0.199. The van der Waals surface area contributed by atoms with Gasteiger partial charge >= 0.3 is 0 Å². The van der Waals surface area contributed by atoms with Crippen LogP contribution >= 0.6 is 0 Å². The summed E-state index contributed by atoms with van der Waals surface area (Å²) in [5, 5.41) is 2.79. The van der Waals surface area contributed by atoms with Crippen LogP contribution in [0.1, 0.15) is 30.6 Å². The van der Waals surface area contributed by atoms with Gasteiger partial charge in [-0.2, -0.15) is 0 Å². The first-order valence-electron chi connectivity index (χ1n) is 7.34. The molecule has 0 saturated carbocycles. The fraction of sp³-hybridized carbons (Fsp3) is 0.235. The highest BCUT2D eigenvalue weighted by Gasteiger charge is 2.11. The van der Waals surface area contributed by atoms with Gasteiger partial charge in [-0.05, 0) is 30.7 Å². The number of benzene rings is 1. The van der Waals surface area contributed by atoms with Gasteiger partial charge in [-0.1, -0.05) is 19.9 Å². The molecule has 1 aromatic heterocycles. The lowest BCUT2D eigenvalue weighted by molar-refractivity contribution is -0.119. The standard InChI is InChI=1S/C17H19N3O3/c1-3-11(2)17(22)20-13-7-8-15(19-10-13)23-14-6-4-5-12(9-14)16(18)21/h4-11H,3H2,1-2H3,(H2,18,21)(H,20,22). The molecule has 2 rings (SSSR count). The Morgan fingerprint density at radius 1 is 1.30 bits per heavy atom. The maximum Gasteiger partial charge on any atom is 0.248 e. The zero-order valence-electron chi connectivity index (χ0n) is 13.1. The number of rotatable bonds is 6. The summed E-state index contributed by atoms with van der Waals surface area (Å²) in [6, 6.07) is 9.88. The van der Waals surface area contributed by atoms with E-state index in [9.17, 15) is 9.59 Å². The zero-order valence-corrected chi connectivity index (χ0v) is 13.1. The number of hydrogen-bond donors (Lipinski definition) is 2. The summed E-state index contributed by atoms with van der Waals surface area (Å²) in [6.07, 6.45) is 2.30. The molecule has 0 radical (unpaired) electrons. The molecular weight excluding hydrogens is 294 g/mol. The minimum atomic E-state index is -0.522. The fourth-order valence-corrected chi connectivity index (χ4v) is 1.80. The summed E-state index contributed by atoms with van der Waals surface area (Å²) in [4.78, 5) is 27.1. The average Bonchev–Trinajstić information content (AvgIpc) is 2.56. The van der Waals surface area contributed by atoms with Crippen molar-refractivity contribution < 1.29 is 14.3 Å². The number of hydrogen-bond acceptors (Lipinski definition) is 4. The van der Waals surface area contributed by atoms with E-state index in [4.69, 9.17) is 10.5 Å². The highest BCUT2D eigenvalue weighted by Crippen LogP contribution is 2.21. The Balaban J connectivity index is 2.04.